The normalized spacial score (nSPS) is 11.4. The second-order valence-corrected chi connectivity index (χ2v) is 8.35. The summed E-state index contributed by atoms with van der Waals surface area (Å²) in [5.74, 6) is 0. The van der Waals surface area contributed by atoms with E-state index in [1.165, 1.54) is 54.6 Å². The smallest absolute Gasteiger partial charge is 0.0406 e. The van der Waals surface area contributed by atoms with Crippen LogP contribution in [0.1, 0.15) is 0 Å². The van der Waals surface area contributed by atoms with Crippen LogP contribution in [0.4, 0.5) is 0 Å². The minimum absolute atomic E-state index is 0.752. The summed E-state index contributed by atoms with van der Waals surface area (Å²) in [6, 6.07) is 40.9. The van der Waals surface area contributed by atoms with Crippen molar-refractivity contribution in [1.82, 2.24) is 0 Å². The zero-order valence-corrected chi connectivity index (χ0v) is 17.6. The predicted molar refractivity (Wildman–Crippen MR) is 135 cm³/mol. The lowest BCUT2D eigenvalue weighted by molar-refractivity contribution is 1.64. The summed E-state index contributed by atoms with van der Waals surface area (Å²) < 4.78 is 0. The standard InChI is InChI=1S/C30H19Cl/c31-24-16-14-21(15-17-24)28-19-23-11-5-7-13-26(23)29-25-12-6-4-10-22(25)18-27(30(28)29)20-8-2-1-3-9-20/h1-19H. The molecule has 6 aromatic rings. The minimum Gasteiger partial charge on any atom is -0.0843 e. The second kappa shape index (κ2) is 7.27. The lowest BCUT2D eigenvalue weighted by Gasteiger charge is -2.18. The number of fused-ring (bicyclic) bond motifs is 5. The van der Waals surface area contributed by atoms with Gasteiger partial charge in [-0.05, 0) is 78.8 Å². The van der Waals surface area contributed by atoms with Gasteiger partial charge in [0.05, 0.1) is 0 Å². The summed E-state index contributed by atoms with van der Waals surface area (Å²) in [6.07, 6.45) is 0. The van der Waals surface area contributed by atoms with Gasteiger partial charge in [0.15, 0.2) is 0 Å². The van der Waals surface area contributed by atoms with Crippen LogP contribution in [0, 0.1) is 0 Å². The number of rotatable bonds is 2. The Kier molecular flexibility index (Phi) is 4.26. The molecular formula is C30H19Cl. The maximum absolute atomic E-state index is 6.22. The van der Waals surface area contributed by atoms with Gasteiger partial charge in [-0.25, -0.2) is 0 Å². The quantitative estimate of drug-likeness (QED) is 0.248. The Morgan fingerprint density at radius 2 is 0.903 bits per heavy atom. The van der Waals surface area contributed by atoms with E-state index in [9.17, 15) is 0 Å². The molecular weight excluding hydrogens is 396 g/mol. The van der Waals surface area contributed by atoms with Gasteiger partial charge in [-0.15, -0.1) is 0 Å². The van der Waals surface area contributed by atoms with Crippen molar-refractivity contribution in [3.05, 3.63) is 120 Å². The Hall–Kier alpha value is -3.61. The molecule has 0 amide bonds. The van der Waals surface area contributed by atoms with Crippen LogP contribution in [0.3, 0.4) is 0 Å². The summed E-state index contributed by atoms with van der Waals surface area (Å²) >= 11 is 6.22. The molecule has 0 atom stereocenters. The zero-order valence-electron chi connectivity index (χ0n) is 16.8. The maximum atomic E-state index is 6.22. The molecule has 0 saturated heterocycles. The first-order valence-corrected chi connectivity index (χ1v) is 10.9. The van der Waals surface area contributed by atoms with E-state index < -0.39 is 0 Å². The van der Waals surface area contributed by atoms with Crippen molar-refractivity contribution in [2.45, 2.75) is 0 Å². The van der Waals surface area contributed by atoms with Crippen molar-refractivity contribution in [1.29, 1.82) is 0 Å². The van der Waals surface area contributed by atoms with E-state index in [1.807, 2.05) is 12.1 Å². The first-order valence-electron chi connectivity index (χ1n) is 10.5. The topological polar surface area (TPSA) is 0 Å². The Balaban J connectivity index is 1.89. The summed E-state index contributed by atoms with van der Waals surface area (Å²) in [4.78, 5) is 0. The van der Waals surface area contributed by atoms with Crippen LogP contribution in [0.2, 0.25) is 5.02 Å². The average molecular weight is 415 g/mol. The van der Waals surface area contributed by atoms with E-state index >= 15 is 0 Å². The molecule has 146 valence electrons. The first kappa shape index (κ1) is 18.2. The molecule has 0 fully saturated rings. The fourth-order valence-electron chi connectivity index (χ4n) is 4.69. The van der Waals surface area contributed by atoms with Crippen molar-refractivity contribution < 1.29 is 0 Å². The van der Waals surface area contributed by atoms with Crippen LogP contribution in [0.25, 0.3) is 54.6 Å². The monoisotopic (exact) mass is 414 g/mol. The molecule has 31 heavy (non-hydrogen) atoms. The number of benzene rings is 6. The van der Waals surface area contributed by atoms with E-state index in [-0.39, 0.29) is 0 Å². The maximum Gasteiger partial charge on any atom is 0.0406 e. The highest BCUT2D eigenvalue weighted by Gasteiger charge is 2.16. The van der Waals surface area contributed by atoms with Gasteiger partial charge < -0.3 is 0 Å². The highest BCUT2D eigenvalue weighted by Crippen LogP contribution is 2.44. The van der Waals surface area contributed by atoms with E-state index in [4.69, 9.17) is 11.6 Å². The number of halogens is 1. The van der Waals surface area contributed by atoms with E-state index in [0.29, 0.717) is 0 Å². The molecule has 0 bridgehead atoms. The van der Waals surface area contributed by atoms with Crippen LogP contribution in [0.15, 0.2) is 115 Å². The third-order valence-corrected chi connectivity index (χ3v) is 6.34. The molecule has 0 spiro atoms. The number of hydrogen-bond acceptors (Lipinski definition) is 0. The van der Waals surface area contributed by atoms with Crippen LogP contribution in [-0.2, 0) is 0 Å². The molecule has 6 aromatic carbocycles. The lowest BCUT2D eigenvalue weighted by atomic mass is 9.85. The van der Waals surface area contributed by atoms with Crippen molar-refractivity contribution in [3.63, 3.8) is 0 Å². The average Bonchev–Trinajstić information content (AvgIpc) is 2.84. The molecule has 0 aliphatic carbocycles. The molecule has 1 heteroatoms. The van der Waals surface area contributed by atoms with Crippen molar-refractivity contribution in [2.24, 2.45) is 0 Å². The molecule has 0 aliphatic heterocycles. The van der Waals surface area contributed by atoms with Crippen LogP contribution in [0.5, 0.6) is 0 Å². The summed E-state index contributed by atoms with van der Waals surface area (Å²) in [7, 11) is 0. The molecule has 0 unspecified atom stereocenters. The Labute approximate surface area is 186 Å². The van der Waals surface area contributed by atoms with Gasteiger partial charge in [-0.3, -0.25) is 0 Å². The summed E-state index contributed by atoms with van der Waals surface area (Å²) in [5, 5.41) is 8.41. The molecule has 0 N–H and O–H groups in total. The predicted octanol–water partition coefficient (Wildman–Crippen LogP) is 9.13. The van der Waals surface area contributed by atoms with Crippen molar-refractivity contribution in [3.8, 4) is 22.3 Å². The van der Waals surface area contributed by atoms with Gasteiger partial charge in [0.25, 0.3) is 0 Å². The van der Waals surface area contributed by atoms with Gasteiger partial charge in [-0.2, -0.15) is 0 Å². The van der Waals surface area contributed by atoms with Gasteiger partial charge in [0.1, 0.15) is 0 Å². The molecule has 0 saturated carbocycles. The second-order valence-electron chi connectivity index (χ2n) is 7.91. The third kappa shape index (κ3) is 3.00. The summed E-state index contributed by atoms with van der Waals surface area (Å²) in [6.45, 7) is 0. The highest BCUT2D eigenvalue weighted by molar-refractivity contribution is 6.31. The molecule has 0 aromatic heterocycles. The Morgan fingerprint density at radius 1 is 0.419 bits per heavy atom. The fourth-order valence-corrected chi connectivity index (χ4v) is 4.81. The third-order valence-electron chi connectivity index (χ3n) is 6.09. The van der Waals surface area contributed by atoms with E-state index in [0.717, 1.165) is 5.02 Å². The SMILES string of the molecule is Clc1ccc(-c2cc3ccccc3c3c2c(-c2ccccc2)cc2ccccc23)cc1. The molecule has 0 radical (unpaired) electrons. The molecule has 0 heterocycles. The lowest BCUT2D eigenvalue weighted by Crippen LogP contribution is -1.90. The Bertz CT molecular complexity index is 1550. The van der Waals surface area contributed by atoms with Crippen LogP contribution < -0.4 is 0 Å². The van der Waals surface area contributed by atoms with Gasteiger partial charge in [0.2, 0.25) is 0 Å². The first-order chi connectivity index (χ1) is 15.3. The van der Waals surface area contributed by atoms with Gasteiger partial charge >= 0.3 is 0 Å². The largest absolute Gasteiger partial charge is 0.0843 e. The van der Waals surface area contributed by atoms with Gasteiger partial charge in [0, 0.05) is 5.02 Å². The summed E-state index contributed by atoms with van der Waals surface area (Å²) in [5.41, 5.74) is 4.89. The van der Waals surface area contributed by atoms with Crippen molar-refractivity contribution in [2.75, 3.05) is 0 Å². The minimum atomic E-state index is 0.752. The van der Waals surface area contributed by atoms with E-state index in [1.54, 1.807) is 0 Å². The Morgan fingerprint density at radius 3 is 1.48 bits per heavy atom. The zero-order chi connectivity index (χ0) is 20.8. The number of hydrogen-bond donors (Lipinski definition) is 0. The molecule has 6 rings (SSSR count). The molecule has 0 nitrogen and oxygen atoms in total. The highest BCUT2D eigenvalue weighted by atomic mass is 35.5. The van der Waals surface area contributed by atoms with Gasteiger partial charge in [-0.1, -0.05) is 103 Å². The van der Waals surface area contributed by atoms with Crippen LogP contribution >= 0.6 is 11.6 Å². The van der Waals surface area contributed by atoms with E-state index in [2.05, 4.69) is 103 Å². The fraction of sp³-hybridized carbons (Fsp3) is 0. The molecule has 0 aliphatic rings. The van der Waals surface area contributed by atoms with Crippen molar-refractivity contribution >= 4 is 43.9 Å². The van der Waals surface area contributed by atoms with Crippen LogP contribution in [-0.4, -0.2) is 0 Å².